The maximum Gasteiger partial charge on any atom is 0.309 e. The molecule has 1 aromatic rings. The van der Waals surface area contributed by atoms with Crippen molar-refractivity contribution in [1.29, 1.82) is 0 Å². The van der Waals surface area contributed by atoms with Gasteiger partial charge in [-0.05, 0) is 37.0 Å². The Labute approximate surface area is 165 Å². The van der Waals surface area contributed by atoms with E-state index in [2.05, 4.69) is 21.2 Å². The molecule has 8 heteroatoms. The van der Waals surface area contributed by atoms with Crippen molar-refractivity contribution in [2.45, 2.75) is 25.7 Å². The van der Waals surface area contributed by atoms with Crippen molar-refractivity contribution in [2.75, 3.05) is 20.2 Å². The second-order valence-electron chi connectivity index (χ2n) is 6.86. The van der Waals surface area contributed by atoms with Gasteiger partial charge < -0.3 is 10.1 Å². The van der Waals surface area contributed by atoms with Crippen LogP contribution in [0, 0.1) is 11.8 Å². The Balaban J connectivity index is 1.59. The van der Waals surface area contributed by atoms with Gasteiger partial charge in [-0.2, -0.15) is 0 Å². The number of fused-ring (bicyclic) bond motifs is 1. The van der Waals surface area contributed by atoms with Crippen LogP contribution in [-0.2, 0) is 14.3 Å². The van der Waals surface area contributed by atoms with Crippen LogP contribution in [0.1, 0.15) is 46.4 Å². The lowest BCUT2D eigenvalue weighted by Gasteiger charge is -2.29. The molecule has 0 radical (unpaired) electrons. The fraction of sp³-hybridized carbons (Fsp3) is 0.474. The maximum atomic E-state index is 12.4. The van der Waals surface area contributed by atoms with E-state index in [9.17, 15) is 19.2 Å². The van der Waals surface area contributed by atoms with Crippen molar-refractivity contribution in [2.24, 2.45) is 11.8 Å². The summed E-state index contributed by atoms with van der Waals surface area (Å²) >= 11 is 3.28. The number of carbonyl (C=O) groups excluding carboxylic acids is 4. The summed E-state index contributed by atoms with van der Waals surface area (Å²) in [6.07, 6.45) is 3.55. The molecule has 1 heterocycles. The molecule has 2 aliphatic rings. The number of carbonyl (C=O) groups is 4. The number of rotatable bonds is 5. The lowest BCUT2D eigenvalue weighted by atomic mass is 9.79. The number of hydrogen-bond acceptors (Lipinski definition) is 5. The SMILES string of the molecule is COC(=O)C1CCCCC1CNC(=O)CN1C(=O)c2ccc(Br)cc2C1=O. The van der Waals surface area contributed by atoms with Crippen LogP contribution in [0.15, 0.2) is 22.7 Å². The molecular weight excluding hydrogens is 416 g/mol. The minimum Gasteiger partial charge on any atom is -0.469 e. The van der Waals surface area contributed by atoms with Crippen molar-refractivity contribution in [3.05, 3.63) is 33.8 Å². The van der Waals surface area contributed by atoms with Gasteiger partial charge in [0, 0.05) is 11.0 Å². The van der Waals surface area contributed by atoms with Crippen molar-refractivity contribution in [3.8, 4) is 0 Å². The highest BCUT2D eigenvalue weighted by atomic mass is 79.9. The molecule has 1 N–H and O–H groups in total. The Hall–Kier alpha value is -2.22. The van der Waals surface area contributed by atoms with Crippen LogP contribution in [0.3, 0.4) is 0 Å². The molecule has 7 nitrogen and oxygen atoms in total. The first-order valence-electron chi connectivity index (χ1n) is 8.92. The van der Waals surface area contributed by atoms with Gasteiger partial charge in [0.15, 0.2) is 0 Å². The second-order valence-corrected chi connectivity index (χ2v) is 7.78. The Morgan fingerprint density at radius 1 is 1.19 bits per heavy atom. The molecule has 2 atom stereocenters. The molecule has 1 aromatic carbocycles. The summed E-state index contributed by atoms with van der Waals surface area (Å²) in [6.45, 7) is -0.00705. The lowest BCUT2D eigenvalue weighted by molar-refractivity contribution is -0.148. The van der Waals surface area contributed by atoms with Crippen molar-refractivity contribution in [3.63, 3.8) is 0 Å². The topological polar surface area (TPSA) is 92.8 Å². The molecule has 0 aromatic heterocycles. The van der Waals surface area contributed by atoms with Crippen LogP contribution in [0.2, 0.25) is 0 Å². The van der Waals surface area contributed by atoms with Crippen molar-refractivity contribution in [1.82, 2.24) is 10.2 Å². The highest BCUT2D eigenvalue weighted by Gasteiger charge is 2.37. The van der Waals surface area contributed by atoms with E-state index in [0.717, 1.165) is 30.6 Å². The Morgan fingerprint density at radius 3 is 2.63 bits per heavy atom. The lowest BCUT2D eigenvalue weighted by Crippen LogP contribution is -2.43. The van der Waals surface area contributed by atoms with Gasteiger partial charge in [0.2, 0.25) is 5.91 Å². The second kappa shape index (κ2) is 8.21. The first-order chi connectivity index (χ1) is 12.9. The third-order valence-electron chi connectivity index (χ3n) is 5.21. The zero-order valence-electron chi connectivity index (χ0n) is 15.0. The van der Waals surface area contributed by atoms with Gasteiger partial charge in [-0.1, -0.05) is 28.8 Å². The zero-order valence-corrected chi connectivity index (χ0v) is 16.6. The number of benzene rings is 1. The molecule has 144 valence electrons. The number of nitrogens with one attached hydrogen (secondary N) is 1. The molecule has 27 heavy (non-hydrogen) atoms. The normalized spacial score (nSPS) is 21.8. The average Bonchev–Trinajstić information content (AvgIpc) is 2.90. The van der Waals surface area contributed by atoms with E-state index in [1.54, 1.807) is 18.2 Å². The fourth-order valence-electron chi connectivity index (χ4n) is 3.76. The number of esters is 1. The van der Waals surface area contributed by atoms with E-state index < -0.39 is 17.7 Å². The van der Waals surface area contributed by atoms with Crippen LogP contribution in [-0.4, -0.2) is 48.8 Å². The molecule has 0 saturated heterocycles. The molecule has 1 saturated carbocycles. The quantitative estimate of drug-likeness (QED) is 0.563. The third kappa shape index (κ3) is 4.05. The number of hydrogen-bond donors (Lipinski definition) is 1. The summed E-state index contributed by atoms with van der Waals surface area (Å²) < 4.78 is 5.55. The minimum atomic E-state index is -0.475. The van der Waals surface area contributed by atoms with Crippen LogP contribution < -0.4 is 5.32 Å². The summed E-state index contributed by atoms with van der Waals surface area (Å²) in [6, 6.07) is 4.83. The zero-order chi connectivity index (χ0) is 19.6. The maximum absolute atomic E-state index is 12.4. The largest absolute Gasteiger partial charge is 0.469 e. The number of methoxy groups -OCH3 is 1. The van der Waals surface area contributed by atoms with Gasteiger partial charge >= 0.3 is 5.97 Å². The number of ether oxygens (including phenoxy) is 1. The van der Waals surface area contributed by atoms with E-state index in [-0.39, 0.29) is 24.3 Å². The van der Waals surface area contributed by atoms with Gasteiger partial charge in [0.1, 0.15) is 6.54 Å². The van der Waals surface area contributed by atoms with Crippen molar-refractivity contribution >= 4 is 39.6 Å². The Morgan fingerprint density at radius 2 is 1.89 bits per heavy atom. The molecule has 1 aliphatic carbocycles. The van der Waals surface area contributed by atoms with E-state index in [0.29, 0.717) is 22.1 Å². The number of imide groups is 1. The van der Waals surface area contributed by atoms with Crippen molar-refractivity contribution < 1.29 is 23.9 Å². The number of amides is 3. The Kier molecular flexibility index (Phi) is 5.94. The van der Waals surface area contributed by atoms with E-state index >= 15 is 0 Å². The number of nitrogens with zero attached hydrogens (tertiary/aromatic N) is 1. The molecular formula is C19H21BrN2O5. The van der Waals surface area contributed by atoms with Gasteiger partial charge in [-0.25, -0.2) is 0 Å². The molecule has 1 fully saturated rings. The Bertz CT molecular complexity index is 794. The van der Waals surface area contributed by atoms with Gasteiger partial charge in [-0.15, -0.1) is 0 Å². The van der Waals surface area contributed by atoms with E-state index in [4.69, 9.17) is 4.74 Å². The summed E-state index contributed by atoms with van der Waals surface area (Å²) in [5.74, 6) is -1.83. The molecule has 3 rings (SSSR count). The monoisotopic (exact) mass is 436 g/mol. The predicted octanol–water partition coefficient (Wildman–Crippen LogP) is 2.14. The van der Waals surface area contributed by atoms with E-state index in [1.165, 1.54) is 7.11 Å². The first kappa shape index (κ1) is 19.5. The van der Waals surface area contributed by atoms with Crippen LogP contribution in [0.4, 0.5) is 0 Å². The first-order valence-corrected chi connectivity index (χ1v) is 9.72. The van der Waals surface area contributed by atoms with Gasteiger partial charge in [0.25, 0.3) is 11.8 Å². The minimum absolute atomic E-state index is 0.00767. The predicted molar refractivity (Wildman–Crippen MR) is 100.0 cm³/mol. The van der Waals surface area contributed by atoms with Crippen LogP contribution in [0.5, 0.6) is 0 Å². The average molecular weight is 437 g/mol. The highest BCUT2D eigenvalue weighted by Crippen LogP contribution is 2.30. The van der Waals surface area contributed by atoms with Gasteiger partial charge in [0.05, 0.1) is 24.2 Å². The molecule has 0 bridgehead atoms. The van der Waals surface area contributed by atoms with Gasteiger partial charge in [-0.3, -0.25) is 24.1 Å². The standard InChI is InChI=1S/C19H21BrN2O5/c1-27-19(26)13-5-3-2-4-11(13)9-21-16(23)10-22-17(24)14-7-6-12(20)8-15(14)18(22)25/h6-8,11,13H,2-5,9-10H2,1H3,(H,21,23). The molecule has 1 aliphatic heterocycles. The smallest absolute Gasteiger partial charge is 0.309 e. The summed E-state index contributed by atoms with van der Waals surface area (Å²) in [4.78, 5) is 50.0. The summed E-state index contributed by atoms with van der Waals surface area (Å²) in [7, 11) is 1.37. The summed E-state index contributed by atoms with van der Waals surface area (Å²) in [5.41, 5.74) is 0.592. The molecule has 3 amide bonds. The highest BCUT2D eigenvalue weighted by molar-refractivity contribution is 9.10. The van der Waals surface area contributed by atoms with Crippen LogP contribution in [0.25, 0.3) is 0 Å². The molecule has 2 unspecified atom stereocenters. The summed E-state index contributed by atoms with van der Waals surface area (Å²) in [5, 5.41) is 2.77. The fourth-order valence-corrected chi connectivity index (χ4v) is 4.13. The third-order valence-corrected chi connectivity index (χ3v) is 5.70. The molecule has 0 spiro atoms. The number of halogens is 1. The van der Waals surface area contributed by atoms with Crippen LogP contribution >= 0.6 is 15.9 Å². The van der Waals surface area contributed by atoms with E-state index in [1.807, 2.05) is 0 Å².